The standard InChI is InChI=1S/C29H29N3O3.C2H6/c1-3-20-17-23(15-16-25(20)24-12-5-4-9-19(24)2)29-31-28(32-35-29)22-11-8-10-21(18-22)26(33)13-6-7-14-27(30)34;1-2/h4-5,8-12,15-18H,3,6-7,13-14H2,1-2H3,(H2,30,34);1-2H3. The van der Waals surface area contributed by atoms with E-state index in [4.69, 9.17) is 10.3 Å². The van der Waals surface area contributed by atoms with Gasteiger partial charge in [-0.05, 0) is 66.6 Å². The largest absolute Gasteiger partial charge is 0.370 e. The Kier molecular flexibility index (Phi) is 9.90. The number of aryl methyl sites for hydroxylation is 2. The van der Waals surface area contributed by atoms with Crippen molar-refractivity contribution in [3.63, 3.8) is 0 Å². The van der Waals surface area contributed by atoms with Crippen molar-refractivity contribution in [2.24, 2.45) is 5.73 Å². The lowest BCUT2D eigenvalue weighted by atomic mass is 9.93. The molecule has 1 aromatic heterocycles. The molecule has 4 rings (SSSR count). The second-order valence-corrected chi connectivity index (χ2v) is 8.64. The first kappa shape index (κ1) is 27.5. The molecular weight excluding hydrogens is 462 g/mol. The molecule has 1 amide bonds. The topological polar surface area (TPSA) is 99.1 Å². The Hall–Kier alpha value is -4.06. The molecule has 0 fully saturated rings. The van der Waals surface area contributed by atoms with Crippen molar-refractivity contribution in [3.8, 4) is 34.0 Å². The summed E-state index contributed by atoms with van der Waals surface area (Å²) < 4.78 is 5.59. The fourth-order valence-corrected chi connectivity index (χ4v) is 4.18. The van der Waals surface area contributed by atoms with Crippen LogP contribution < -0.4 is 5.73 Å². The number of nitrogens with zero attached hydrogens (tertiary/aromatic N) is 2. The van der Waals surface area contributed by atoms with Gasteiger partial charge in [-0.3, -0.25) is 9.59 Å². The first-order valence-electron chi connectivity index (χ1n) is 12.9. The van der Waals surface area contributed by atoms with E-state index in [1.165, 1.54) is 22.3 Å². The van der Waals surface area contributed by atoms with Crippen LogP contribution in [0.5, 0.6) is 0 Å². The minimum atomic E-state index is -0.344. The molecule has 6 nitrogen and oxygen atoms in total. The number of amides is 1. The van der Waals surface area contributed by atoms with Gasteiger partial charge in [-0.25, -0.2) is 0 Å². The lowest BCUT2D eigenvalue weighted by Crippen LogP contribution is -2.10. The molecule has 0 radical (unpaired) electrons. The molecule has 4 aromatic rings. The van der Waals surface area contributed by atoms with E-state index in [1.807, 2.05) is 38.1 Å². The number of nitrogens with two attached hydrogens (primary N) is 1. The summed E-state index contributed by atoms with van der Waals surface area (Å²) in [4.78, 5) is 28.0. The van der Waals surface area contributed by atoms with Crippen molar-refractivity contribution in [2.45, 2.75) is 59.8 Å². The first-order chi connectivity index (χ1) is 18.0. The van der Waals surface area contributed by atoms with Gasteiger partial charge in [-0.15, -0.1) is 0 Å². The lowest BCUT2D eigenvalue weighted by molar-refractivity contribution is -0.118. The average molecular weight is 498 g/mol. The number of primary amides is 1. The van der Waals surface area contributed by atoms with Crippen LogP contribution in [-0.2, 0) is 11.2 Å². The summed E-state index contributed by atoms with van der Waals surface area (Å²) in [5.74, 6) is 0.543. The van der Waals surface area contributed by atoms with Gasteiger partial charge in [0.05, 0.1) is 0 Å². The second-order valence-electron chi connectivity index (χ2n) is 8.64. The number of unbranched alkanes of at least 4 members (excludes halogenated alkanes) is 1. The quantitative estimate of drug-likeness (QED) is 0.184. The van der Waals surface area contributed by atoms with Crippen LogP contribution in [0.15, 0.2) is 71.3 Å². The summed E-state index contributed by atoms with van der Waals surface area (Å²) in [5.41, 5.74) is 12.2. The van der Waals surface area contributed by atoms with Crippen LogP contribution >= 0.6 is 0 Å². The third-order valence-corrected chi connectivity index (χ3v) is 6.11. The molecule has 0 spiro atoms. The predicted octanol–water partition coefficient (Wildman–Crippen LogP) is 7.20. The molecule has 0 bridgehead atoms. The summed E-state index contributed by atoms with van der Waals surface area (Å²) in [7, 11) is 0. The van der Waals surface area contributed by atoms with E-state index >= 15 is 0 Å². The van der Waals surface area contributed by atoms with E-state index in [0.29, 0.717) is 43.0 Å². The van der Waals surface area contributed by atoms with Gasteiger partial charge in [0, 0.05) is 29.5 Å². The van der Waals surface area contributed by atoms with Gasteiger partial charge in [-0.1, -0.05) is 74.5 Å². The maximum absolute atomic E-state index is 12.6. The highest BCUT2D eigenvalue weighted by molar-refractivity contribution is 5.97. The van der Waals surface area contributed by atoms with Crippen molar-refractivity contribution >= 4 is 11.7 Å². The molecule has 0 aliphatic rings. The van der Waals surface area contributed by atoms with Crippen molar-refractivity contribution in [3.05, 3.63) is 83.4 Å². The molecule has 37 heavy (non-hydrogen) atoms. The number of benzene rings is 3. The smallest absolute Gasteiger partial charge is 0.258 e. The van der Waals surface area contributed by atoms with Crippen LogP contribution in [0.25, 0.3) is 34.0 Å². The molecule has 2 N–H and O–H groups in total. The minimum Gasteiger partial charge on any atom is -0.370 e. The summed E-state index contributed by atoms with van der Waals surface area (Å²) in [6.07, 6.45) is 2.77. The number of Topliss-reactive ketones (excluding diaryl/α,β-unsaturated/α-hetero) is 1. The highest BCUT2D eigenvalue weighted by Gasteiger charge is 2.15. The highest BCUT2D eigenvalue weighted by Crippen LogP contribution is 2.31. The number of carbonyl (C=O) groups excluding carboxylic acids is 2. The molecule has 6 heteroatoms. The third kappa shape index (κ3) is 7.00. The summed E-state index contributed by atoms with van der Waals surface area (Å²) in [6.45, 7) is 8.25. The number of ketones is 1. The Morgan fingerprint density at radius 1 is 0.865 bits per heavy atom. The van der Waals surface area contributed by atoms with Crippen molar-refractivity contribution in [1.82, 2.24) is 10.1 Å². The molecule has 192 valence electrons. The molecule has 0 saturated heterocycles. The molecule has 0 atom stereocenters. The monoisotopic (exact) mass is 497 g/mol. The van der Waals surface area contributed by atoms with Gasteiger partial charge < -0.3 is 10.3 Å². The van der Waals surface area contributed by atoms with Crippen LogP contribution in [-0.4, -0.2) is 21.8 Å². The Morgan fingerprint density at radius 2 is 1.62 bits per heavy atom. The van der Waals surface area contributed by atoms with Crippen LogP contribution in [0.1, 0.15) is 67.9 Å². The molecule has 0 aliphatic carbocycles. The van der Waals surface area contributed by atoms with Crippen molar-refractivity contribution in [2.75, 3.05) is 0 Å². The fourth-order valence-electron chi connectivity index (χ4n) is 4.18. The van der Waals surface area contributed by atoms with E-state index < -0.39 is 0 Å². The molecule has 0 unspecified atom stereocenters. The number of rotatable bonds is 10. The van der Waals surface area contributed by atoms with Crippen LogP contribution in [0.4, 0.5) is 0 Å². The molecule has 0 saturated carbocycles. The van der Waals surface area contributed by atoms with Gasteiger partial charge in [-0.2, -0.15) is 4.98 Å². The molecule has 1 heterocycles. The number of carbonyl (C=O) groups is 2. The van der Waals surface area contributed by atoms with Gasteiger partial charge in [0.25, 0.3) is 5.89 Å². The first-order valence-corrected chi connectivity index (χ1v) is 12.9. The lowest BCUT2D eigenvalue weighted by Gasteiger charge is -2.11. The maximum atomic E-state index is 12.6. The predicted molar refractivity (Wildman–Crippen MR) is 148 cm³/mol. The Bertz CT molecular complexity index is 1360. The summed E-state index contributed by atoms with van der Waals surface area (Å²) in [5, 5.41) is 4.16. The maximum Gasteiger partial charge on any atom is 0.258 e. The third-order valence-electron chi connectivity index (χ3n) is 6.11. The van der Waals surface area contributed by atoms with Gasteiger partial charge in [0.2, 0.25) is 11.7 Å². The number of hydrogen-bond acceptors (Lipinski definition) is 5. The highest BCUT2D eigenvalue weighted by atomic mass is 16.5. The van der Waals surface area contributed by atoms with E-state index in [-0.39, 0.29) is 11.7 Å². The zero-order chi connectivity index (χ0) is 26.8. The molecular formula is C31H35N3O3. The number of aromatic nitrogens is 2. The fraction of sp³-hybridized carbons (Fsp3) is 0.290. The van der Waals surface area contributed by atoms with E-state index in [9.17, 15) is 9.59 Å². The van der Waals surface area contributed by atoms with Crippen molar-refractivity contribution < 1.29 is 14.1 Å². The zero-order valence-corrected chi connectivity index (χ0v) is 22.1. The Labute approximate surface area is 218 Å². The van der Waals surface area contributed by atoms with E-state index in [1.54, 1.807) is 12.1 Å². The second kappa shape index (κ2) is 13.3. The molecule has 3 aromatic carbocycles. The van der Waals surface area contributed by atoms with Crippen LogP contribution in [0.3, 0.4) is 0 Å². The van der Waals surface area contributed by atoms with E-state index in [0.717, 1.165) is 17.5 Å². The van der Waals surface area contributed by atoms with E-state index in [2.05, 4.69) is 54.3 Å². The number of hydrogen-bond donors (Lipinski definition) is 1. The Morgan fingerprint density at radius 3 is 2.35 bits per heavy atom. The SMILES string of the molecule is CC.CCc1cc(-c2nc(-c3cccc(C(=O)CCCCC(N)=O)c3)no2)ccc1-c1ccccc1C. The van der Waals surface area contributed by atoms with Crippen LogP contribution in [0, 0.1) is 6.92 Å². The minimum absolute atomic E-state index is 0.0134. The van der Waals surface area contributed by atoms with Gasteiger partial charge in [0.1, 0.15) is 0 Å². The Balaban J connectivity index is 0.00000186. The zero-order valence-electron chi connectivity index (χ0n) is 22.1. The summed E-state index contributed by atoms with van der Waals surface area (Å²) >= 11 is 0. The van der Waals surface area contributed by atoms with Gasteiger partial charge >= 0.3 is 0 Å². The van der Waals surface area contributed by atoms with Crippen molar-refractivity contribution in [1.29, 1.82) is 0 Å². The summed E-state index contributed by atoms with van der Waals surface area (Å²) in [6, 6.07) is 21.8. The average Bonchev–Trinajstić information content (AvgIpc) is 3.43. The molecule has 0 aliphatic heterocycles. The normalized spacial score (nSPS) is 10.5. The van der Waals surface area contributed by atoms with Gasteiger partial charge in [0.15, 0.2) is 5.78 Å². The van der Waals surface area contributed by atoms with Crippen LogP contribution in [0.2, 0.25) is 0 Å².